The summed E-state index contributed by atoms with van der Waals surface area (Å²) in [7, 11) is 0. The van der Waals surface area contributed by atoms with Crippen molar-refractivity contribution in [2.45, 2.75) is 84.0 Å². The first-order valence-electron chi connectivity index (χ1n) is 10.1. The molecule has 0 radical (unpaired) electrons. The molecule has 4 heteroatoms. The molecule has 0 saturated heterocycles. The van der Waals surface area contributed by atoms with Crippen molar-refractivity contribution in [1.82, 2.24) is 0 Å². The fourth-order valence-electron chi connectivity index (χ4n) is 3.39. The third-order valence-electron chi connectivity index (χ3n) is 4.87. The SMILES string of the molecule is CCCCCCCCCCCCCc1cc(=O)c2c(O)cc(O)cc2o1. The van der Waals surface area contributed by atoms with E-state index in [2.05, 4.69) is 6.92 Å². The lowest BCUT2D eigenvalue weighted by Gasteiger charge is -2.05. The number of aromatic hydroxyl groups is 2. The van der Waals surface area contributed by atoms with E-state index in [4.69, 9.17) is 4.42 Å². The second kappa shape index (κ2) is 10.9. The predicted molar refractivity (Wildman–Crippen MR) is 106 cm³/mol. The van der Waals surface area contributed by atoms with Crippen molar-refractivity contribution in [3.05, 3.63) is 34.2 Å². The van der Waals surface area contributed by atoms with E-state index in [0.717, 1.165) is 18.9 Å². The van der Waals surface area contributed by atoms with Crippen LogP contribution in [-0.2, 0) is 6.42 Å². The first-order chi connectivity index (χ1) is 12.6. The molecule has 0 atom stereocenters. The first-order valence-corrected chi connectivity index (χ1v) is 10.1. The summed E-state index contributed by atoms with van der Waals surface area (Å²) in [5.74, 6) is 0.267. The van der Waals surface area contributed by atoms with Crippen molar-refractivity contribution in [1.29, 1.82) is 0 Å². The van der Waals surface area contributed by atoms with E-state index in [1.165, 1.54) is 69.9 Å². The highest BCUT2D eigenvalue weighted by atomic mass is 16.3. The Kier molecular flexibility index (Phi) is 8.52. The van der Waals surface area contributed by atoms with Gasteiger partial charge in [0.25, 0.3) is 0 Å². The zero-order valence-electron chi connectivity index (χ0n) is 15.9. The van der Waals surface area contributed by atoms with Crippen molar-refractivity contribution in [3.8, 4) is 11.5 Å². The van der Waals surface area contributed by atoms with Gasteiger partial charge in [-0.2, -0.15) is 0 Å². The van der Waals surface area contributed by atoms with E-state index < -0.39 is 0 Å². The number of unbranched alkanes of at least 4 members (excludes halogenated alkanes) is 10. The molecule has 0 spiro atoms. The Balaban J connectivity index is 1.68. The van der Waals surface area contributed by atoms with Gasteiger partial charge in [0.2, 0.25) is 0 Å². The van der Waals surface area contributed by atoms with Crippen LogP contribution in [0, 0.1) is 0 Å². The maximum atomic E-state index is 12.1. The molecule has 0 aliphatic rings. The minimum Gasteiger partial charge on any atom is -0.508 e. The van der Waals surface area contributed by atoms with Crippen molar-refractivity contribution in [2.75, 3.05) is 0 Å². The second-order valence-electron chi connectivity index (χ2n) is 7.20. The van der Waals surface area contributed by atoms with E-state index in [1.807, 2.05) is 0 Å². The number of hydrogen-bond donors (Lipinski definition) is 2. The number of phenols is 2. The summed E-state index contributed by atoms with van der Waals surface area (Å²) in [5, 5.41) is 19.5. The van der Waals surface area contributed by atoms with E-state index in [9.17, 15) is 15.0 Å². The lowest BCUT2D eigenvalue weighted by Crippen LogP contribution is -2.02. The monoisotopic (exact) mass is 360 g/mol. The van der Waals surface area contributed by atoms with Crippen LogP contribution in [0.25, 0.3) is 11.0 Å². The van der Waals surface area contributed by atoms with Crippen LogP contribution in [-0.4, -0.2) is 10.2 Å². The molecule has 0 saturated carbocycles. The van der Waals surface area contributed by atoms with Gasteiger partial charge in [0, 0.05) is 24.6 Å². The van der Waals surface area contributed by atoms with Crippen LogP contribution in [0.5, 0.6) is 11.5 Å². The smallest absolute Gasteiger partial charge is 0.196 e. The van der Waals surface area contributed by atoms with Gasteiger partial charge in [-0.1, -0.05) is 71.1 Å². The van der Waals surface area contributed by atoms with Gasteiger partial charge in [0.1, 0.15) is 28.2 Å². The standard InChI is InChI=1S/C22H32O4/c1-2-3-4-5-6-7-8-9-10-11-12-13-18-16-20(25)22-19(24)14-17(23)15-21(22)26-18/h14-16,23-24H,2-13H2,1H3. The molecule has 2 N–H and O–H groups in total. The Morgan fingerprint density at radius 1 is 0.808 bits per heavy atom. The normalized spacial score (nSPS) is 11.3. The van der Waals surface area contributed by atoms with E-state index in [0.29, 0.717) is 12.2 Å². The van der Waals surface area contributed by atoms with E-state index >= 15 is 0 Å². The summed E-state index contributed by atoms with van der Waals surface area (Å²) < 4.78 is 5.68. The molecule has 0 amide bonds. The summed E-state index contributed by atoms with van der Waals surface area (Å²) in [6, 6.07) is 3.98. The van der Waals surface area contributed by atoms with Crippen LogP contribution >= 0.6 is 0 Å². The number of fused-ring (bicyclic) bond motifs is 1. The lowest BCUT2D eigenvalue weighted by molar-refractivity contribution is 0.449. The molecule has 26 heavy (non-hydrogen) atoms. The fraction of sp³-hybridized carbons (Fsp3) is 0.591. The molecule has 1 heterocycles. The minimum absolute atomic E-state index is 0.106. The highest BCUT2D eigenvalue weighted by molar-refractivity contribution is 5.84. The molecule has 0 aliphatic heterocycles. The molecule has 2 aromatic rings. The zero-order valence-corrected chi connectivity index (χ0v) is 15.9. The minimum atomic E-state index is -0.262. The quantitative estimate of drug-likeness (QED) is 0.451. The Bertz CT molecular complexity index is 733. The number of rotatable bonds is 12. The molecule has 4 nitrogen and oxygen atoms in total. The Hall–Kier alpha value is -1.97. The van der Waals surface area contributed by atoms with Gasteiger partial charge in [-0.25, -0.2) is 0 Å². The van der Waals surface area contributed by atoms with E-state index in [-0.39, 0.29) is 27.9 Å². The van der Waals surface area contributed by atoms with Crippen LogP contribution in [0.15, 0.2) is 27.4 Å². The molecule has 0 unspecified atom stereocenters. The van der Waals surface area contributed by atoms with Crippen LogP contribution in [0.1, 0.15) is 83.3 Å². The number of benzene rings is 1. The van der Waals surface area contributed by atoms with Gasteiger partial charge in [0.15, 0.2) is 5.43 Å². The molecule has 1 aromatic carbocycles. The molecule has 2 rings (SSSR count). The Morgan fingerprint density at radius 2 is 1.38 bits per heavy atom. The highest BCUT2D eigenvalue weighted by Gasteiger charge is 2.10. The molecule has 0 aliphatic carbocycles. The molecule has 144 valence electrons. The molecular formula is C22H32O4. The molecular weight excluding hydrogens is 328 g/mol. The third kappa shape index (κ3) is 6.40. The van der Waals surface area contributed by atoms with Gasteiger partial charge < -0.3 is 14.6 Å². The average Bonchev–Trinajstić information content (AvgIpc) is 2.58. The molecule has 0 fully saturated rings. The average molecular weight is 360 g/mol. The fourth-order valence-corrected chi connectivity index (χ4v) is 3.39. The largest absolute Gasteiger partial charge is 0.508 e. The Labute approximate surface area is 155 Å². The summed E-state index contributed by atoms with van der Waals surface area (Å²) >= 11 is 0. The Morgan fingerprint density at radius 3 is 2.00 bits per heavy atom. The van der Waals surface area contributed by atoms with Gasteiger partial charge in [-0.15, -0.1) is 0 Å². The molecule has 1 aromatic heterocycles. The molecule has 0 bridgehead atoms. The van der Waals surface area contributed by atoms with Crippen LogP contribution in [0.3, 0.4) is 0 Å². The second-order valence-corrected chi connectivity index (χ2v) is 7.20. The predicted octanol–water partition coefficient (Wildman–Crippen LogP) is 6.06. The van der Waals surface area contributed by atoms with Gasteiger partial charge in [0.05, 0.1) is 0 Å². The summed E-state index contributed by atoms with van der Waals surface area (Å²) in [5.41, 5.74) is -0.0186. The summed E-state index contributed by atoms with van der Waals surface area (Å²) in [6.45, 7) is 2.25. The lowest BCUT2D eigenvalue weighted by atomic mass is 10.0. The third-order valence-corrected chi connectivity index (χ3v) is 4.87. The van der Waals surface area contributed by atoms with Crippen LogP contribution in [0.4, 0.5) is 0 Å². The van der Waals surface area contributed by atoms with Crippen LogP contribution < -0.4 is 5.43 Å². The maximum absolute atomic E-state index is 12.1. The van der Waals surface area contributed by atoms with Gasteiger partial charge in [-0.3, -0.25) is 4.79 Å². The van der Waals surface area contributed by atoms with Crippen LogP contribution in [0.2, 0.25) is 0 Å². The van der Waals surface area contributed by atoms with E-state index in [1.54, 1.807) is 0 Å². The van der Waals surface area contributed by atoms with Crippen molar-refractivity contribution < 1.29 is 14.6 Å². The number of aryl methyl sites for hydroxylation is 1. The van der Waals surface area contributed by atoms with Gasteiger partial charge >= 0.3 is 0 Å². The summed E-state index contributed by atoms with van der Waals surface area (Å²) in [6.07, 6.45) is 14.8. The van der Waals surface area contributed by atoms with Crippen molar-refractivity contribution in [3.63, 3.8) is 0 Å². The number of hydrogen-bond acceptors (Lipinski definition) is 4. The summed E-state index contributed by atoms with van der Waals surface area (Å²) in [4.78, 5) is 12.1. The topological polar surface area (TPSA) is 70.7 Å². The van der Waals surface area contributed by atoms with Gasteiger partial charge in [-0.05, 0) is 6.42 Å². The number of phenolic OH excluding ortho intramolecular Hbond substituents is 2. The van der Waals surface area contributed by atoms with Crippen molar-refractivity contribution >= 4 is 11.0 Å². The highest BCUT2D eigenvalue weighted by Crippen LogP contribution is 2.28. The zero-order chi connectivity index (χ0) is 18.8. The van der Waals surface area contributed by atoms with Crippen molar-refractivity contribution in [2.24, 2.45) is 0 Å². The first kappa shape index (κ1) is 20.3. The maximum Gasteiger partial charge on any atom is 0.196 e.